The van der Waals surface area contributed by atoms with Crippen molar-refractivity contribution >= 4 is 11.4 Å². The van der Waals surface area contributed by atoms with Crippen LogP contribution < -0.4 is 5.32 Å². The molecule has 0 fully saturated rings. The molecule has 0 bridgehead atoms. The van der Waals surface area contributed by atoms with Gasteiger partial charge in [0.05, 0.1) is 11.4 Å². The number of para-hydroxylation sites is 1. The number of hydrogen-bond donors (Lipinski definition) is 1. The summed E-state index contributed by atoms with van der Waals surface area (Å²) >= 11 is 0. The van der Waals surface area contributed by atoms with Gasteiger partial charge in [0.15, 0.2) is 0 Å². The first-order valence-corrected chi connectivity index (χ1v) is 8.47. The lowest BCUT2D eigenvalue weighted by molar-refractivity contribution is 1.09. The first-order valence-electron chi connectivity index (χ1n) is 8.47. The lowest BCUT2D eigenvalue weighted by atomic mass is 10.1. The van der Waals surface area contributed by atoms with E-state index in [1.54, 1.807) is 0 Å². The standard InChI is InChI=1S/C23H20N2/c1-18-12-14-21(15-13-18)25-17-16-22(24-20-10-6-3-7-11-20)23(25)19-8-4-2-5-9-19/h2-17,24H,1H3. The van der Waals surface area contributed by atoms with Crippen molar-refractivity contribution in [3.05, 3.63) is 103 Å². The Kier molecular flexibility index (Phi) is 4.09. The molecule has 0 saturated heterocycles. The molecule has 0 saturated carbocycles. The van der Waals surface area contributed by atoms with Crippen molar-refractivity contribution in [2.24, 2.45) is 0 Å². The van der Waals surface area contributed by atoms with Crippen LogP contribution in [-0.4, -0.2) is 4.57 Å². The molecule has 2 nitrogen and oxygen atoms in total. The lowest BCUT2D eigenvalue weighted by Gasteiger charge is -2.13. The van der Waals surface area contributed by atoms with Crippen LogP contribution in [0.1, 0.15) is 5.56 Å². The van der Waals surface area contributed by atoms with E-state index in [1.807, 2.05) is 24.3 Å². The first-order chi connectivity index (χ1) is 12.3. The molecule has 0 amide bonds. The second-order valence-corrected chi connectivity index (χ2v) is 6.14. The Labute approximate surface area is 148 Å². The third kappa shape index (κ3) is 3.20. The zero-order valence-electron chi connectivity index (χ0n) is 14.2. The summed E-state index contributed by atoms with van der Waals surface area (Å²) in [6, 6.07) is 31.5. The molecule has 0 aliphatic carbocycles. The number of nitrogens with one attached hydrogen (secondary N) is 1. The summed E-state index contributed by atoms with van der Waals surface area (Å²) in [7, 11) is 0. The molecule has 0 aliphatic heterocycles. The van der Waals surface area contributed by atoms with E-state index in [0.717, 1.165) is 22.8 Å². The van der Waals surface area contributed by atoms with Crippen LogP contribution in [0, 0.1) is 6.92 Å². The maximum absolute atomic E-state index is 3.55. The van der Waals surface area contributed by atoms with Crippen molar-refractivity contribution in [1.82, 2.24) is 4.57 Å². The quantitative estimate of drug-likeness (QED) is 0.473. The van der Waals surface area contributed by atoms with Crippen LogP contribution in [0.15, 0.2) is 97.2 Å². The molecule has 1 aromatic heterocycles. The number of anilines is 2. The molecule has 122 valence electrons. The molecule has 0 unspecified atom stereocenters. The van der Waals surface area contributed by atoms with E-state index in [9.17, 15) is 0 Å². The Morgan fingerprint density at radius 1 is 0.680 bits per heavy atom. The molecule has 0 atom stereocenters. The molecule has 25 heavy (non-hydrogen) atoms. The summed E-state index contributed by atoms with van der Waals surface area (Å²) in [5.41, 5.74) is 6.95. The first kappa shape index (κ1) is 15.3. The molecular formula is C23H20N2. The summed E-state index contributed by atoms with van der Waals surface area (Å²) in [5.74, 6) is 0. The van der Waals surface area contributed by atoms with Crippen LogP contribution in [0.3, 0.4) is 0 Å². The van der Waals surface area contributed by atoms with Gasteiger partial charge >= 0.3 is 0 Å². The van der Waals surface area contributed by atoms with Crippen LogP contribution in [-0.2, 0) is 0 Å². The fourth-order valence-electron chi connectivity index (χ4n) is 3.02. The predicted octanol–water partition coefficient (Wildman–Crippen LogP) is 6.20. The second kappa shape index (κ2) is 6.70. The van der Waals surface area contributed by atoms with Crippen molar-refractivity contribution < 1.29 is 0 Å². The molecule has 4 aromatic rings. The van der Waals surface area contributed by atoms with E-state index in [0.29, 0.717) is 0 Å². The van der Waals surface area contributed by atoms with Gasteiger partial charge in [0, 0.05) is 23.1 Å². The number of hydrogen-bond acceptors (Lipinski definition) is 1. The van der Waals surface area contributed by atoms with E-state index in [1.165, 1.54) is 11.1 Å². The monoisotopic (exact) mass is 324 g/mol. The van der Waals surface area contributed by atoms with Gasteiger partial charge in [-0.05, 0) is 37.3 Å². The maximum Gasteiger partial charge on any atom is 0.0765 e. The van der Waals surface area contributed by atoms with Gasteiger partial charge in [0.2, 0.25) is 0 Å². The zero-order chi connectivity index (χ0) is 17.1. The summed E-state index contributed by atoms with van der Waals surface area (Å²) in [5, 5.41) is 3.55. The highest BCUT2D eigenvalue weighted by Gasteiger charge is 2.13. The highest BCUT2D eigenvalue weighted by Crippen LogP contribution is 2.33. The van der Waals surface area contributed by atoms with Gasteiger partial charge in [0.25, 0.3) is 0 Å². The second-order valence-electron chi connectivity index (χ2n) is 6.14. The van der Waals surface area contributed by atoms with Gasteiger partial charge in [-0.2, -0.15) is 0 Å². The highest BCUT2D eigenvalue weighted by atomic mass is 15.0. The fourth-order valence-corrected chi connectivity index (χ4v) is 3.02. The van der Waals surface area contributed by atoms with Crippen LogP contribution in [0.4, 0.5) is 11.4 Å². The van der Waals surface area contributed by atoms with Gasteiger partial charge < -0.3 is 9.88 Å². The molecular weight excluding hydrogens is 304 g/mol. The van der Waals surface area contributed by atoms with Crippen LogP contribution >= 0.6 is 0 Å². The Balaban J connectivity index is 1.83. The molecule has 3 aromatic carbocycles. The van der Waals surface area contributed by atoms with E-state index in [-0.39, 0.29) is 0 Å². The van der Waals surface area contributed by atoms with Gasteiger partial charge in [-0.25, -0.2) is 0 Å². The lowest BCUT2D eigenvalue weighted by Crippen LogP contribution is -1.98. The number of benzene rings is 3. The zero-order valence-corrected chi connectivity index (χ0v) is 14.2. The van der Waals surface area contributed by atoms with E-state index < -0.39 is 0 Å². The van der Waals surface area contributed by atoms with E-state index in [4.69, 9.17) is 0 Å². The topological polar surface area (TPSA) is 17.0 Å². The minimum Gasteiger partial charge on any atom is -0.354 e. The van der Waals surface area contributed by atoms with Crippen LogP contribution in [0.5, 0.6) is 0 Å². The largest absolute Gasteiger partial charge is 0.354 e. The predicted molar refractivity (Wildman–Crippen MR) is 106 cm³/mol. The summed E-state index contributed by atoms with van der Waals surface area (Å²) < 4.78 is 2.24. The molecule has 4 rings (SSSR count). The SMILES string of the molecule is Cc1ccc(-n2ccc(Nc3ccccc3)c2-c2ccccc2)cc1. The van der Waals surface area contributed by atoms with Gasteiger partial charge in [0.1, 0.15) is 0 Å². The summed E-state index contributed by atoms with van der Waals surface area (Å²) in [4.78, 5) is 0. The van der Waals surface area contributed by atoms with Crippen molar-refractivity contribution in [3.8, 4) is 16.9 Å². The molecule has 1 N–H and O–H groups in total. The third-order valence-electron chi connectivity index (χ3n) is 4.30. The van der Waals surface area contributed by atoms with Crippen LogP contribution in [0.2, 0.25) is 0 Å². The van der Waals surface area contributed by atoms with Crippen molar-refractivity contribution in [3.63, 3.8) is 0 Å². The Bertz CT molecular complexity index is 952. The van der Waals surface area contributed by atoms with Gasteiger partial charge in [-0.1, -0.05) is 66.2 Å². The molecule has 2 heteroatoms. The molecule has 0 radical (unpaired) electrons. The number of rotatable bonds is 4. The number of nitrogens with zero attached hydrogens (tertiary/aromatic N) is 1. The Hall–Kier alpha value is -3.26. The average Bonchev–Trinajstić information content (AvgIpc) is 3.07. The van der Waals surface area contributed by atoms with E-state index >= 15 is 0 Å². The van der Waals surface area contributed by atoms with Gasteiger partial charge in [-0.15, -0.1) is 0 Å². The van der Waals surface area contributed by atoms with Crippen molar-refractivity contribution in [2.75, 3.05) is 5.32 Å². The number of aryl methyl sites for hydroxylation is 1. The minimum absolute atomic E-state index is 1.08. The minimum atomic E-state index is 1.08. The molecule has 1 heterocycles. The Morgan fingerprint density at radius 2 is 1.32 bits per heavy atom. The summed E-state index contributed by atoms with van der Waals surface area (Å²) in [6.07, 6.45) is 2.12. The smallest absolute Gasteiger partial charge is 0.0765 e. The van der Waals surface area contributed by atoms with E-state index in [2.05, 4.69) is 89.7 Å². The number of aromatic nitrogens is 1. The Morgan fingerprint density at radius 3 is 2.00 bits per heavy atom. The van der Waals surface area contributed by atoms with Crippen molar-refractivity contribution in [1.29, 1.82) is 0 Å². The fraction of sp³-hybridized carbons (Fsp3) is 0.0435. The third-order valence-corrected chi connectivity index (χ3v) is 4.30. The average molecular weight is 324 g/mol. The van der Waals surface area contributed by atoms with Crippen LogP contribution in [0.25, 0.3) is 16.9 Å². The molecule has 0 spiro atoms. The maximum atomic E-state index is 3.55. The highest BCUT2D eigenvalue weighted by molar-refractivity contribution is 5.80. The van der Waals surface area contributed by atoms with Gasteiger partial charge in [-0.3, -0.25) is 0 Å². The normalized spacial score (nSPS) is 10.6. The van der Waals surface area contributed by atoms with Crippen molar-refractivity contribution in [2.45, 2.75) is 6.92 Å². The summed E-state index contributed by atoms with van der Waals surface area (Å²) in [6.45, 7) is 2.11. The molecule has 0 aliphatic rings.